The third-order valence-corrected chi connectivity index (χ3v) is 4.07. The van der Waals surface area contributed by atoms with Crippen molar-refractivity contribution in [3.63, 3.8) is 0 Å². The minimum atomic E-state index is -0.328. The maximum atomic E-state index is 13.9. The molecule has 0 saturated heterocycles. The first-order valence-electron chi connectivity index (χ1n) is 7.06. The van der Waals surface area contributed by atoms with Gasteiger partial charge in [0.15, 0.2) is 0 Å². The minimum Gasteiger partial charge on any atom is -0.324 e. The topological polar surface area (TPSA) is 26.0 Å². The number of halogens is 2. The van der Waals surface area contributed by atoms with Crippen molar-refractivity contribution in [2.24, 2.45) is 5.73 Å². The molecular weight excluding hydrogens is 261 g/mol. The zero-order chi connectivity index (χ0) is 13.7. The lowest BCUT2D eigenvalue weighted by Crippen LogP contribution is -2.26. The largest absolute Gasteiger partial charge is 0.324 e. The lowest BCUT2D eigenvalue weighted by Gasteiger charge is -2.19. The molecule has 2 rings (SSSR count). The SMILES string of the molecule is NC(Cc1cccc(Cl)c1F)/C1=C/CCCCCC1. The lowest BCUT2D eigenvalue weighted by molar-refractivity contribution is 0.576. The Bertz CT molecular complexity index is 456. The van der Waals surface area contributed by atoms with Gasteiger partial charge in [-0.05, 0) is 43.7 Å². The van der Waals surface area contributed by atoms with Crippen LogP contribution in [-0.4, -0.2) is 6.04 Å². The normalized spacial score (nSPS) is 21.1. The maximum Gasteiger partial charge on any atom is 0.145 e. The molecule has 0 fully saturated rings. The van der Waals surface area contributed by atoms with Crippen molar-refractivity contribution in [1.82, 2.24) is 0 Å². The van der Waals surface area contributed by atoms with Crippen molar-refractivity contribution in [2.75, 3.05) is 0 Å². The smallest absolute Gasteiger partial charge is 0.145 e. The van der Waals surface area contributed by atoms with Crippen LogP contribution in [0.5, 0.6) is 0 Å². The average molecular weight is 282 g/mol. The van der Waals surface area contributed by atoms with Crippen LogP contribution in [0.4, 0.5) is 4.39 Å². The van der Waals surface area contributed by atoms with E-state index in [1.54, 1.807) is 18.2 Å². The quantitative estimate of drug-likeness (QED) is 0.803. The molecule has 1 aliphatic rings. The Balaban J connectivity index is 2.07. The third kappa shape index (κ3) is 4.05. The Morgan fingerprint density at radius 2 is 2.00 bits per heavy atom. The standard InChI is InChI=1S/C16H21ClFN/c17-14-10-6-9-13(16(14)18)11-15(19)12-7-4-2-1-3-5-8-12/h6-7,9-10,15H,1-5,8,11,19H2/b12-7+. The highest BCUT2D eigenvalue weighted by Crippen LogP contribution is 2.23. The van der Waals surface area contributed by atoms with Gasteiger partial charge in [-0.2, -0.15) is 0 Å². The Morgan fingerprint density at radius 3 is 2.84 bits per heavy atom. The molecule has 0 heterocycles. The van der Waals surface area contributed by atoms with Crippen LogP contribution in [0, 0.1) is 5.82 Å². The first-order valence-corrected chi connectivity index (χ1v) is 7.43. The van der Waals surface area contributed by atoms with Gasteiger partial charge in [0, 0.05) is 6.04 Å². The Labute approximate surface area is 119 Å². The van der Waals surface area contributed by atoms with Crippen LogP contribution < -0.4 is 5.73 Å². The Morgan fingerprint density at radius 1 is 1.21 bits per heavy atom. The van der Waals surface area contributed by atoms with Gasteiger partial charge >= 0.3 is 0 Å². The Kier molecular flexibility index (Phi) is 5.41. The van der Waals surface area contributed by atoms with Gasteiger partial charge in [-0.15, -0.1) is 0 Å². The van der Waals surface area contributed by atoms with Crippen molar-refractivity contribution in [1.29, 1.82) is 0 Å². The molecule has 1 aliphatic carbocycles. The number of rotatable bonds is 3. The lowest BCUT2D eigenvalue weighted by atomic mass is 9.92. The van der Waals surface area contributed by atoms with Crippen molar-refractivity contribution in [3.05, 3.63) is 46.3 Å². The molecule has 0 aliphatic heterocycles. The van der Waals surface area contributed by atoms with E-state index in [4.69, 9.17) is 17.3 Å². The highest BCUT2D eigenvalue weighted by molar-refractivity contribution is 6.30. The molecule has 0 aromatic heterocycles. The van der Waals surface area contributed by atoms with E-state index in [9.17, 15) is 4.39 Å². The molecule has 0 bridgehead atoms. The summed E-state index contributed by atoms with van der Waals surface area (Å²) in [7, 11) is 0. The van der Waals surface area contributed by atoms with E-state index in [1.165, 1.54) is 31.3 Å². The van der Waals surface area contributed by atoms with E-state index in [-0.39, 0.29) is 16.9 Å². The third-order valence-electron chi connectivity index (χ3n) is 3.77. The molecular formula is C16H21ClFN. The second kappa shape index (κ2) is 7.06. The summed E-state index contributed by atoms with van der Waals surface area (Å²) in [6.07, 6.45) is 9.94. The fourth-order valence-corrected chi connectivity index (χ4v) is 2.82. The molecule has 1 nitrogen and oxygen atoms in total. The first-order chi connectivity index (χ1) is 9.18. The van der Waals surface area contributed by atoms with Crippen molar-refractivity contribution < 1.29 is 4.39 Å². The maximum absolute atomic E-state index is 13.9. The van der Waals surface area contributed by atoms with E-state index >= 15 is 0 Å². The molecule has 3 heteroatoms. The summed E-state index contributed by atoms with van der Waals surface area (Å²) >= 11 is 5.80. The van der Waals surface area contributed by atoms with Crippen LogP contribution in [0.15, 0.2) is 29.8 Å². The molecule has 1 aromatic rings. The van der Waals surface area contributed by atoms with Gasteiger partial charge in [0.25, 0.3) is 0 Å². The molecule has 0 saturated carbocycles. The molecule has 0 radical (unpaired) electrons. The van der Waals surface area contributed by atoms with Gasteiger partial charge in [0.05, 0.1) is 5.02 Å². The zero-order valence-corrected chi connectivity index (χ0v) is 11.9. The summed E-state index contributed by atoms with van der Waals surface area (Å²) in [6, 6.07) is 5.02. The summed E-state index contributed by atoms with van der Waals surface area (Å²) < 4.78 is 13.9. The summed E-state index contributed by atoms with van der Waals surface area (Å²) in [5.41, 5.74) is 8.13. The zero-order valence-electron chi connectivity index (χ0n) is 11.2. The molecule has 104 valence electrons. The highest BCUT2D eigenvalue weighted by Gasteiger charge is 2.14. The van der Waals surface area contributed by atoms with Crippen LogP contribution in [-0.2, 0) is 6.42 Å². The fourth-order valence-electron chi connectivity index (χ4n) is 2.63. The summed E-state index contributed by atoms with van der Waals surface area (Å²) in [4.78, 5) is 0. The van der Waals surface area contributed by atoms with Gasteiger partial charge in [-0.1, -0.05) is 48.2 Å². The van der Waals surface area contributed by atoms with Crippen LogP contribution in [0.2, 0.25) is 5.02 Å². The molecule has 1 atom stereocenters. The Hall–Kier alpha value is -0.860. The van der Waals surface area contributed by atoms with E-state index < -0.39 is 0 Å². The first kappa shape index (κ1) is 14.5. The van der Waals surface area contributed by atoms with Crippen LogP contribution in [0.25, 0.3) is 0 Å². The van der Waals surface area contributed by atoms with Crippen molar-refractivity contribution in [3.8, 4) is 0 Å². The number of hydrogen-bond acceptors (Lipinski definition) is 1. The van der Waals surface area contributed by atoms with Crippen LogP contribution in [0.1, 0.15) is 44.1 Å². The predicted molar refractivity (Wildman–Crippen MR) is 78.9 cm³/mol. The highest BCUT2D eigenvalue weighted by atomic mass is 35.5. The molecule has 0 amide bonds. The molecule has 1 unspecified atom stereocenters. The monoisotopic (exact) mass is 281 g/mol. The van der Waals surface area contributed by atoms with Crippen molar-refractivity contribution in [2.45, 2.75) is 51.0 Å². The summed E-state index contributed by atoms with van der Waals surface area (Å²) in [5.74, 6) is -0.328. The average Bonchev–Trinajstić information content (AvgIpc) is 2.34. The van der Waals surface area contributed by atoms with Crippen molar-refractivity contribution >= 4 is 11.6 Å². The van der Waals surface area contributed by atoms with Crippen LogP contribution >= 0.6 is 11.6 Å². The fraction of sp³-hybridized carbons (Fsp3) is 0.500. The van der Waals surface area contributed by atoms with Gasteiger partial charge in [0.2, 0.25) is 0 Å². The second-order valence-electron chi connectivity index (χ2n) is 5.26. The van der Waals surface area contributed by atoms with E-state index in [0.717, 1.165) is 12.8 Å². The summed E-state index contributed by atoms with van der Waals surface area (Å²) in [6.45, 7) is 0. The molecule has 0 spiro atoms. The second-order valence-corrected chi connectivity index (χ2v) is 5.66. The van der Waals surface area contributed by atoms with Gasteiger partial charge in [0.1, 0.15) is 5.82 Å². The van der Waals surface area contributed by atoms with Crippen LogP contribution in [0.3, 0.4) is 0 Å². The molecule has 1 aromatic carbocycles. The predicted octanol–water partition coefficient (Wildman–Crippen LogP) is 4.63. The van der Waals surface area contributed by atoms with Gasteiger partial charge < -0.3 is 5.73 Å². The van der Waals surface area contributed by atoms with Gasteiger partial charge in [-0.25, -0.2) is 4.39 Å². The van der Waals surface area contributed by atoms with E-state index in [0.29, 0.717) is 12.0 Å². The minimum absolute atomic E-state index is 0.0916. The number of hydrogen-bond donors (Lipinski definition) is 1. The summed E-state index contributed by atoms with van der Waals surface area (Å²) in [5, 5.41) is 0.177. The number of nitrogens with two attached hydrogens (primary N) is 1. The number of benzene rings is 1. The number of allylic oxidation sites excluding steroid dienone is 1. The van der Waals surface area contributed by atoms with Gasteiger partial charge in [-0.3, -0.25) is 0 Å². The van der Waals surface area contributed by atoms with E-state index in [2.05, 4.69) is 6.08 Å². The molecule has 2 N–H and O–H groups in total. The molecule has 19 heavy (non-hydrogen) atoms. The van der Waals surface area contributed by atoms with E-state index in [1.807, 2.05) is 0 Å².